The molecule has 210 valence electrons. The van der Waals surface area contributed by atoms with Crippen molar-refractivity contribution in [1.82, 2.24) is 30.7 Å². The second kappa shape index (κ2) is 12.6. The lowest BCUT2D eigenvalue weighted by molar-refractivity contribution is -0.123. The summed E-state index contributed by atoms with van der Waals surface area (Å²) >= 11 is 6.14. The summed E-state index contributed by atoms with van der Waals surface area (Å²) in [6.07, 6.45) is 0.855. The summed E-state index contributed by atoms with van der Waals surface area (Å²) in [6, 6.07) is 17.9. The van der Waals surface area contributed by atoms with E-state index in [0.717, 1.165) is 5.56 Å². The molecule has 0 saturated carbocycles. The van der Waals surface area contributed by atoms with Crippen molar-refractivity contribution >= 4 is 52.0 Å². The number of aromatic nitrogens is 5. The number of hydrogen-bond donors (Lipinski definition) is 3. The average molecular weight is 585 g/mol. The van der Waals surface area contributed by atoms with E-state index in [-0.39, 0.29) is 17.8 Å². The van der Waals surface area contributed by atoms with Crippen molar-refractivity contribution in [2.45, 2.75) is 12.5 Å². The van der Waals surface area contributed by atoms with Crippen molar-refractivity contribution in [3.8, 4) is 17.5 Å². The normalized spacial score (nSPS) is 11.2. The average Bonchev–Trinajstić information content (AvgIpc) is 3.68. The highest BCUT2D eigenvalue weighted by Crippen LogP contribution is 2.29. The van der Waals surface area contributed by atoms with Crippen LogP contribution >= 0.6 is 11.6 Å². The number of nitrogens with zero attached hydrogens (tertiary/aromatic N) is 5. The monoisotopic (exact) mass is 584 g/mol. The fourth-order valence-electron chi connectivity index (χ4n) is 3.97. The maximum atomic E-state index is 13.4. The molecular weight excluding hydrogens is 564 g/mol. The molecule has 14 heteroatoms. The third-order valence-electron chi connectivity index (χ3n) is 5.93. The fourth-order valence-corrected chi connectivity index (χ4v) is 4.15. The maximum Gasteiger partial charge on any atom is 0.411 e. The Hall–Kier alpha value is -5.74. The molecule has 13 nitrogen and oxygen atoms in total. The van der Waals surface area contributed by atoms with Crippen LogP contribution in [0.25, 0.3) is 16.7 Å². The maximum absolute atomic E-state index is 13.4. The third kappa shape index (κ3) is 6.52. The van der Waals surface area contributed by atoms with Crippen LogP contribution in [0.2, 0.25) is 5.02 Å². The van der Waals surface area contributed by atoms with Gasteiger partial charge >= 0.3 is 6.09 Å². The van der Waals surface area contributed by atoms with E-state index in [0.29, 0.717) is 27.3 Å². The van der Waals surface area contributed by atoms with E-state index >= 15 is 0 Å². The number of ether oxygens (including phenoxy) is 1. The van der Waals surface area contributed by atoms with Crippen molar-refractivity contribution in [2.75, 3.05) is 17.7 Å². The number of rotatable bonds is 7. The minimum atomic E-state index is -1.03. The minimum absolute atomic E-state index is 0.104. The number of anilines is 2. The fraction of sp³-hybridized carbons (Fsp3) is 0.107. The molecule has 2 heterocycles. The topological polar surface area (TPSA) is 166 Å². The molecule has 0 aliphatic heterocycles. The Morgan fingerprint density at radius 3 is 2.67 bits per heavy atom. The molecule has 5 aromatic rings. The molecule has 0 bridgehead atoms. The van der Waals surface area contributed by atoms with E-state index in [1.54, 1.807) is 36.4 Å². The predicted molar refractivity (Wildman–Crippen MR) is 152 cm³/mol. The third-order valence-corrected chi connectivity index (χ3v) is 6.17. The van der Waals surface area contributed by atoms with Crippen molar-refractivity contribution in [1.29, 1.82) is 0 Å². The Bertz CT molecular complexity index is 1810. The summed E-state index contributed by atoms with van der Waals surface area (Å²) in [5.74, 6) is 4.13. The number of hydrogen-bond acceptors (Lipinski definition) is 9. The van der Waals surface area contributed by atoms with Crippen molar-refractivity contribution in [2.24, 2.45) is 0 Å². The van der Waals surface area contributed by atoms with Gasteiger partial charge in [0.1, 0.15) is 12.4 Å². The molecule has 3 amide bonds. The van der Waals surface area contributed by atoms with E-state index in [9.17, 15) is 14.4 Å². The number of carbonyl (C=O) groups excluding carboxylic acids is 3. The Labute approximate surface area is 243 Å². The second-order valence-corrected chi connectivity index (χ2v) is 9.14. The van der Waals surface area contributed by atoms with Crippen LogP contribution in [0.1, 0.15) is 11.1 Å². The largest absolute Gasteiger partial charge is 0.453 e. The molecule has 5 rings (SSSR count). The molecule has 42 heavy (non-hydrogen) atoms. The molecule has 0 saturated heterocycles. The Morgan fingerprint density at radius 1 is 1.07 bits per heavy atom. The summed E-state index contributed by atoms with van der Waals surface area (Å²) in [5.41, 5.74) is 2.25. The molecule has 1 atom stereocenters. The molecule has 0 fully saturated rings. The van der Waals surface area contributed by atoms with Gasteiger partial charge in [-0.1, -0.05) is 59.1 Å². The summed E-state index contributed by atoms with van der Waals surface area (Å²) in [4.78, 5) is 38.1. The first-order valence-corrected chi connectivity index (χ1v) is 12.7. The lowest BCUT2D eigenvalue weighted by atomic mass is 10.0. The van der Waals surface area contributed by atoms with Gasteiger partial charge in [0.05, 0.1) is 29.4 Å². The van der Waals surface area contributed by atoms with Gasteiger partial charge in [-0.2, -0.15) is 4.68 Å². The van der Waals surface area contributed by atoms with Gasteiger partial charge in [0.25, 0.3) is 5.91 Å². The van der Waals surface area contributed by atoms with Crippen LogP contribution in [-0.2, 0) is 20.7 Å². The standard InChI is InChI=1S/C28H21ClN8O5/c1-41-28(40)32-21-9-5-8-20-25(21)42-34-26(20)33-27(39)22(14-17-6-3-2-4-7-17)31-24(38)13-10-18-15-19(29)11-12-23(18)37-16-30-35-36-37/h2-9,11-12,15-16,22H,14H2,1H3,(H,31,38)(H,32,40)(H,33,34,39). The second-order valence-electron chi connectivity index (χ2n) is 8.70. The number of halogens is 1. The molecule has 3 aromatic carbocycles. The zero-order valence-corrected chi connectivity index (χ0v) is 22.6. The van der Waals surface area contributed by atoms with Gasteiger partial charge < -0.3 is 19.9 Å². The number of nitrogens with one attached hydrogen (secondary N) is 3. The van der Waals surface area contributed by atoms with Crippen molar-refractivity contribution in [3.05, 3.63) is 89.2 Å². The first-order valence-electron chi connectivity index (χ1n) is 12.3. The van der Waals surface area contributed by atoms with Crippen molar-refractivity contribution in [3.63, 3.8) is 0 Å². The van der Waals surface area contributed by atoms with E-state index in [1.807, 2.05) is 30.3 Å². The van der Waals surface area contributed by atoms with E-state index in [2.05, 4.69) is 53.2 Å². The molecule has 1 unspecified atom stereocenters. The Balaban J connectivity index is 1.38. The first kappa shape index (κ1) is 27.8. The highest BCUT2D eigenvalue weighted by molar-refractivity contribution is 6.30. The SMILES string of the molecule is COC(=O)Nc1cccc2c(NC(=O)C(Cc3ccccc3)NC(=O)C#Cc3cc(Cl)ccc3-n3cnnn3)noc12. The van der Waals surface area contributed by atoms with Crippen LogP contribution in [0.5, 0.6) is 0 Å². The summed E-state index contributed by atoms with van der Waals surface area (Å²) in [5, 5.41) is 23.8. The number of benzene rings is 3. The zero-order chi connectivity index (χ0) is 29.5. The Morgan fingerprint density at radius 2 is 1.90 bits per heavy atom. The highest BCUT2D eigenvalue weighted by Gasteiger charge is 2.24. The highest BCUT2D eigenvalue weighted by atomic mass is 35.5. The summed E-state index contributed by atoms with van der Waals surface area (Å²) in [6.45, 7) is 0. The number of amides is 3. The van der Waals surface area contributed by atoms with Crippen LogP contribution in [0.4, 0.5) is 16.3 Å². The van der Waals surface area contributed by atoms with Gasteiger partial charge in [-0.25, -0.2) is 4.79 Å². The van der Waals surface area contributed by atoms with Gasteiger partial charge in [0.15, 0.2) is 11.4 Å². The smallest absolute Gasteiger partial charge is 0.411 e. The summed E-state index contributed by atoms with van der Waals surface area (Å²) < 4.78 is 11.4. The molecular formula is C28H21ClN8O5. The molecule has 0 radical (unpaired) electrons. The van der Waals surface area contributed by atoms with E-state index in [1.165, 1.54) is 18.1 Å². The number of carbonyl (C=O) groups is 3. The molecule has 0 aliphatic rings. The van der Waals surface area contributed by atoms with Gasteiger partial charge in [-0.15, -0.1) is 5.10 Å². The minimum Gasteiger partial charge on any atom is -0.453 e. The quantitative estimate of drug-likeness (QED) is 0.243. The van der Waals surface area contributed by atoms with Crippen LogP contribution < -0.4 is 16.0 Å². The van der Waals surface area contributed by atoms with Crippen LogP contribution in [-0.4, -0.2) is 56.4 Å². The molecule has 0 aliphatic carbocycles. The summed E-state index contributed by atoms with van der Waals surface area (Å²) in [7, 11) is 1.23. The van der Waals surface area contributed by atoms with Gasteiger partial charge in [0, 0.05) is 17.4 Å². The molecule has 0 spiro atoms. The lowest BCUT2D eigenvalue weighted by Crippen LogP contribution is -2.45. The predicted octanol–water partition coefficient (Wildman–Crippen LogP) is 3.35. The van der Waals surface area contributed by atoms with E-state index < -0.39 is 23.9 Å². The number of methoxy groups -OCH3 is 1. The number of para-hydroxylation sites is 1. The molecule has 2 aromatic heterocycles. The molecule has 3 N–H and O–H groups in total. The van der Waals surface area contributed by atoms with Gasteiger partial charge in [-0.05, 0) is 46.3 Å². The zero-order valence-electron chi connectivity index (χ0n) is 21.9. The Kier molecular flexibility index (Phi) is 8.36. The lowest BCUT2D eigenvalue weighted by Gasteiger charge is -2.16. The van der Waals surface area contributed by atoms with Crippen LogP contribution in [0.15, 0.2) is 77.6 Å². The first-order chi connectivity index (χ1) is 20.4. The van der Waals surface area contributed by atoms with E-state index in [4.69, 9.17) is 16.1 Å². The van der Waals surface area contributed by atoms with Crippen LogP contribution in [0.3, 0.4) is 0 Å². The van der Waals surface area contributed by atoms with Crippen molar-refractivity contribution < 1.29 is 23.6 Å². The van der Waals surface area contributed by atoms with Gasteiger partial charge in [-0.3, -0.25) is 14.9 Å². The number of fused-ring (bicyclic) bond motifs is 1. The van der Waals surface area contributed by atoms with Gasteiger partial charge in [0.2, 0.25) is 5.91 Å². The number of tetrazole rings is 1. The van der Waals surface area contributed by atoms with Crippen LogP contribution in [0, 0.1) is 11.8 Å².